The highest BCUT2D eigenvalue weighted by Crippen LogP contribution is 2.31. The number of nitrogens with one attached hydrogen (secondary N) is 1. The molecule has 1 unspecified atom stereocenters. The van der Waals surface area contributed by atoms with E-state index in [9.17, 15) is 0 Å². The molecule has 0 radical (unpaired) electrons. The van der Waals surface area contributed by atoms with Crippen LogP contribution in [-0.4, -0.2) is 35.4 Å². The Morgan fingerprint density at radius 1 is 1.40 bits per heavy atom. The number of nitrogens with zero attached hydrogens (tertiary/aromatic N) is 3. The number of hydrogen-bond acceptors (Lipinski definition) is 4. The lowest BCUT2D eigenvalue weighted by atomic mass is 9.97. The van der Waals surface area contributed by atoms with E-state index in [2.05, 4.69) is 20.4 Å². The average Bonchev–Trinajstić information content (AvgIpc) is 2.91. The van der Waals surface area contributed by atoms with E-state index in [1.807, 2.05) is 12.1 Å². The molecule has 1 atom stereocenters. The number of rotatable bonds is 1. The molecule has 1 aromatic heterocycles. The van der Waals surface area contributed by atoms with Gasteiger partial charge in [0.25, 0.3) is 0 Å². The maximum absolute atomic E-state index is 4.16. The molecule has 0 bridgehead atoms. The van der Waals surface area contributed by atoms with Crippen molar-refractivity contribution in [2.45, 2.75) is 24.8 Å². The van der Waals surface area contributed by atoms with Gasteiger partial charge in [-0.3, -0.25) is 0 Å². The van der Waals surface area contributed by atoms with E-state index in [0.717, 1.165) is 18.9 Å². The smallest absolute Gasteiger partial charge is 0.151 e. The van der Waals surface area contributed by atoms with Crippen molar-refractivity contribution in [3.63, 3.8) is 0 Å². The van der Waals surface area contributed by atoms with Crippen molar-refractivity contribution in [1.29, 1.82) is 0 Å². The van der Waals surface area contributed by atoms with Gasteiger partial charge in [0.2, 0.25) is 0 Å². The van der Waals surface area contributed by atoms with Gasteiger partial charge in [-0.25, -0.2) is 0 Å². The van der Waals surface area contributed by atoms with Crippen LogP contribution in [0, 0.1) is 0 Å². The normalized spacial score (nSPS) is 30.3. The molecule has 80 valence electrons. The molecule has 1 aromatic rings. The molecule has 1 N–H and O–H groups in total. The molecule has 2 aliphatic rings. The Morgan fingerprint density at radius 2 is 2.40 bits per heavy atom. The van der Waals surface area contributed by atoms with Gasteiger partial charge in [0, 0.05) is 24.8 Å². The van der Waals surface area contributed by atoms with Crippen molar-refractivity contribution in [3.8, 4) is 0 Å². The van der Waals surface area contributed by atoms with Gasteiger partial charge in [-0.1, -0.05) is 0 Å². The van der Waals surface area contributed by atoms with Gasteiger partial charge in [0.15, 0.2) is 5.82 Å². The summed E-state index contributed by atoms with van der Waals surface area (Å²) in [5.74, 6) is 1.02. The molecule has 4 heteroatoms. The molecule has 0 saturated carbocycles. The topological polar surface area (TPSA) is 41.1 Å². The third-order valence-electron chi connectivity index (χ3n) is 3.57. The van der Waals surface area contributed by atoms with Crippen LogP contribution < -0.4 is 10.2 Å². The maximum Gasteiger partial charge on any atom is 0.151 e. The van der Waals surface area contributed by atoms with Crippen LogP contribution in [0.25, 0.3) is 0 Å². The minimum absolute atomic E-state index is 0.373. The van der Waals surface area contributed by atoms with Crippen LogP contribution in [0.1, 0.15) is 19.3 Å². The summed E-state index contributed by atoms with van der Waals surface area (Å²) in [6, 6.07) is 4.00. The summed E-state index contributed by atoms with van der Waals surface area (Å²) >= 11 is 0. The van der Waals surface area contributed by atoms with Crippen LogP contribution in [0.4, 0.5) is 5.82 Å². The lowest BCUT2D eigenvalue weighted by Crippen LogP contribution is -2.42. The van der Waals surface area contributed by atoms with Crippen LogP contribution in [0.2, 0.25) is 0 Å². The monoisotopic (exact) mass is 204 g/mol. The zero-order valence-electron chi connectivity index (χ0n) is 8.82. The third kappa shape index (κ3) is 1.59. The standard InChI is InChI=1S/C11H16N4/c1-3-10(14-13-7-1)15-8-5-11(9-15)4-2-6-12-11/h1,3,7,12H,2,4-6,8-9H2. The van der Waals surface area contributed by atoms with E-state index in [0.29, 0.717) is 5.54 Å². The number of hydrogen-bond donors (Lipinski definition) is 1. The highest BCUT2D eigenvalue weighted by molar-refractivity contribution is 5.39. The van der Waals surface area contributed by atoms with Crippen molar-refractivity contribution in [3.05, 3.63) is 18.3 Å². The van der Waals surface area contributed by atoms with Gasteiger partial charge < -0.3 is 10.2 Å². The molecule has 1 spiro atoms. The summed E-state index contributed by atoms with van der Waals surface area (Å²) in [6.45, 7) is 3.37. The van der Waals surface area contributed by atoms with Gasteiger partial charge in [-0.15, -0.1) is 5.10 Å². The largest absolute Gasteiger partial charge is 0.353 e. The van der Waals surface area contributed by atoms with Crippen molar-refractivity contribution < 1.29 is 0 Å². The predicted molar refractivity (Wildman–Crippen MR) is 58.8 cm³/mol. The predicted octanol–water partition coefficient (Wildman–Crippen LogP) is 0.809. The number of anilines is 1. The summed E-state index contributed by atoms with van der Waals surface area (Å²) < 4.78 is 0. The van der Waals surface area contributed by atoms with Crippen LogP contribution in [-0.2, 0) is 0 Å². The first-order chi connectivity index (χ1) is 7.38. The second kappa shape index (κ2) is 3.45. The third-order valence-corrected chi connectivity index (χ3v) is 3.57. The first-order valence-corrected chi connectivity index (χ1v) is 5.66. The van der Waals surface area contributed by atoms with Crippen molar-refractivity contribution in [1.82, 2.24) is 15.5 Å². The van der Waals surface area contributed by atoms with E-state index in [4.69, 9.17) is 0 Å². The molecule has 4 nitrogen and oxygen atoms in total. The Balaban J connectivity index is 1.76. The molecule has 2 fully saturated rings. The van der Waals surface area contributed by atoms with Crippen molar-refractivity contribution in [2.24, 2.45) is 0 Å². The molecule has 2 saturated heterocycles. The molecule has 0 aliphatic carbocycles. The Morgan fingerprint density at radius 3 is 3.13 bits per heavy atom. The second-order valence-electron chi connectivity index (χ2n) is 4.56. The molecular weight excluding hydrogens is 188 g/mol. The van der Waals surface area contributed by atoms with E-state index < -0.39 is 0 Å². The fourth-order valence-corrected chi connectivity index (χ4v) is 2.75. The van der Waals surface area contributed by atoms with Gasteiger partial charge >= 0.3 is 0 Å². The second-order valence-corrected chi connectivity index (χ2v) is 4.56. The summed E-state index contributed by atoms with van der Waals surface area (Å²) in [5.41, 5.74) is 0.373. The van der Waals surface area contributed by atoms with E-state index in [1.165, 1.54) is 25.8 Å². The summed E-state index contributed by atoms with van der Waals surface area (Å²) in [7, 11) is 0. The highest BCUT2D eigenvalue weighted by atomic mass is 15.3. The molecule has 3 rings (SSSR count). The Hall–Kier alpha value is -1.16. The average molecular weight is 204 g/mol. The summed E-state index contributed by atoms with van der Waals surface area (Å²) in [5, 5.41) is 11.7. The first kappa shape index (κ1) is 9.09. The quantitative estimate of drug-likeness (QED) is 0.735. The van der Waals surface area contributed by atoms with E-state index in [1.54, 1.807) is 6.20 Å². The molecule has 3 heterocycles. The SMILES string of the molecule is c1cnnc(N2CCC3(CCCN3)C2)c1. The first-order valence-electron chi connectivity index (χ1n) is 5.66. The van der Waals surface area contributed by atoms with Crippen molar-refractivity contribution >= 4 is 5.82 Å². The molecule has 0 amide bonds. The maximum atomic E-state index is 4.16. The van der Waals surface area contributed by atoms with E-state index >= 15 is 0 Å². The minimum atomic E-state index is 0.373. The van der Waals surface area contributed by atoms with Crippen LogP contribution in [0.15, 0.2) is 18.3 Å². The molecule has 0 aromatic carbocycles. The minimum Gasteiger partial charge on any atom is -0.353 e. The summed E-state index contributed by atoms with van der Waals surface area (Å²) in [6.07, 6.45) is 5.59. The van der Waals surface area contributed by atoms with Crippen LogP contribution >= 0.6 is 0 Å². The molecule has 15 heavy (non-hydrogen) atoms. The molecular formula is C11H16N4. The summed E-state index contributed by atoms with van der Waals surface area (Å²) in [4.78, 5) is 2.34. The lowest BCUT2D eigenvalue weighted by Gasteiger charge is -2.24. The molecule has 2 aliphatic heterocycles. The zero-order chi connectivity index (χ0) is 10.1. The highest BCUT2D eigenvalue weighted by Gasteiger charge is 2.40. The number of aromatic nitrogens is 2. The van der Waals surface area contributed by atoms with Gasteiger partial charge in [0.1, 0.15) is 0 Å². The van der Waals surface area contributed by atoms with Gasteiger partial charge in [0.05, 0.1) is 0 Å². The van der Waals surface area contributed by atoms with Crippen LogP contribution in [0.5, 0.6) is 0 Å². The van der Waals surface area contributed by atoms with Crippen LogP contribution in [0.3, 0.4) is 0 Å². The zero-order valence-corrected chi connectivity index (χ0v) is 8.82. The lowest BCUT2D eigenvalue weighted by molar-refractivity contribution is 0.418. The fraction of sp³-hybridized carbons (Fsp3) is 0.636. The fourth-order valence-electron chi connectivity index (χ4n) is 2.75. The van der Waals surface area contributed by atoms with Gasteiger partial charge in [-0.05, 0) is 37.9 Å². The van der Waals surface area contributed by atoms with Gasteiger partial charge in [-0.2, -0.15) is 5.10 Å². The van der Waals surface area contributed by atoms with E-state index in [-0.39, 0.29) is 0 Å². The Bertz CT molecular complexity index is 332. The Kier molecular flexibility index (Phi) is 2.09. The van der Waals surface area contributed by atoms with Crippen molar-refractivity contribution in [2.75, 3.05) is 24.5 Å². The Labute approximate surface area is 89.7 Å².